The molecule has 0 aliphatic carbocycles. The highest BCUT2D eigenvalue weighted by atomic mass is 16.6. The summed E-state index contributed by atoms with van der Waals surface area (Å²) in [5.41, 5.74) is 1.92. The van der Waals surface area contributed by atoms with Crippen molar-refractivity contribution in [2.75, 3.05) is 27.4 Å². The Bertz CT molecular complexity index is 1050. The number of hydrogen-bond donors (Lipinski definition) is 0. The lowest BCUT2D eigenvalue weighted by Crippen LogP contribution is -2.34. The number of cyclic esters (lactones) is 1. The predicted octanol–water partition coefficient (Wildman–Crippen LogP) is 5.04. The van der Waals surface area contributed by atoms with Gasteiger partial charge in [0.2, 0.25) is 5.75 Å². The molecule has 0 unspecified atom stereocenters. The summed E-state index contributed by atoms with van der Waals surface area (Å²) in [7, 11) is 3.08. The summed E-state index contributed by atoms with van der Waals surface area (Å²) in [6.07, 6.45) is 0. The summed E-state index contributed by atoms with van der Waals surface area (Å²) in [4.78, 5) is 24.5. The van der Waals surface area contributed by atoms with Crippen molar-refractivity contribution in [2.45, 2.75) is 41.2 Å². The van der Waals surface area contributed by atoms with E-state index in [1.165, 1.54) is 7.11 Å². The Morgan fingerprint density at radius 1 is 0.939 bits per heavy atom. The largest absolute Gasteiger partial charge is 0.493 e. The monoisotopic (exact) mass is 456 g/mol. The van der Waals surface area contributed by atoms with Gasteiger partial charge >= 0.3 is 11.9 Å². The Labute approximate surface area is 194 Å². The zero-order valence-electron chi connectivity index (χ0n) is 20.4. The van der Waals surface area contributed by atoms with Gasteiger partial charge in [-0.3, -0.25) is 4.79 Å². The maximum absolute atomic E-state index is 12.7. The van der Waals surface area contributed by atoms with Gasteiger partial charge in [0.25, 0.3) is 0 Å². The summed E-state index contributed by atoms with van der Waals surface area (Å²) < 4.78 is 27.9. The van der Waals surface area contributed by atoms with Gasteiger partial charge in [0.15, 0.2) is 11.5 Å². The summed E-state index contributed by atoms with van der Waals surface area (Å²) in [5.74, 6) is 0.703. The van der Waals surface area contributed by atoms with Gasteiger partial charge in [-0.2, -0.15) is 0 Å². The maximum atomic E-state index is 12.7. The zero-order valence-corrected chi connectivity index (χ0v) is 20.4. The minimum atomic E-state index is -0.894. The normalized spacial score (nSPS) is 13.2. The van der Waals surface area contributed by atoms with Gasteiger partial charge in [-0.15, -0.1) is 0 Å². The number of fused-ring (bicyclic) bond motifs is 1. The van der Waals surface area contributed by atoms with Crippen LogP contribution in [0.1, 0.15) is 50.5 Å². The highest BCUT2D eigenvalue weighted by Gasteiger charge is 2.33. The van der Waals surface area contributed by atoms with Crippen LogP contribution < -0.4 is 14.2 Å². The van der Waals surface area contributed by atoms with Gasteiger partial charge in [0.05, 0.1) is 31.8 Å². The quantitative estimate of drug-likeness (QED) is 0.515. The topological polar surface area (TPSA) is 80.3 Å². The second kappa shape index (κ2) is 9.33. The fourth-order valence-electron chi connectivity index (χ4n) is 3.36. The molecule has 7 nitrogen and oxygen atoms in total. The van der Waals surface area contributed by atoms with Crippen LogP contribution in [0.15, 0.2) is 30.3 Å². The molecule has 0 spiro atoms. The van der Waals surface area contributed by atoms with E-state index in [0.717, 1.165) is 16.7 Å². The van der Waals surface area contributed by atoms with Crippen LogP contribution in [-0.2, 0) is 20.9 Å². The Morgan fingerprint density at radius 3 is 2.27 bits per heavy atom. The van der Waals surface area contributed by atoms with Gasteiger partial charge < -0.3 is 23.7 Å². The smallest absolute Gasteiger partial charge is 0.338 e. The van der Waals surface area contributed by atoms with Gasteiger partial charge in [0.1, 0.15) is 13.2 Å². The molecule has 178 valence electrons. The third kappa shape index (κ3) is 5.41. The molecule has 1 aliphatic rings. The molecule has 1 heterocycles. The molecule has 0 saturated heterocycles. The number of ether oxygens (including phenoxy) is 5. The molecule has 0 aromatic heterocycles. The average molecular weight is 457 g/mol. The zero-order chi connectivity index (χ0) is 24.4. The SMILES string of the molecule is COc1ccc(-c2ccc3c(c2)COC3=O)c(OCC(C)(C)C(=O)OCC(C)(C)C)c1OC. The lowest BCUT2D eigenvalue weighted by Gasteiger charge is -2.27. The summed E-state index contributed by atoms with van der Waals surface area (Å²) in [5, 5.41) is 0. The van der Waals surface area contributed by atoms with E-state index in [2.05, 4.69) is 0 Å². The van der Waals surface area contributed by atoms with Crippen LogP contribution in [0.2, 0.25) is 0 Å². The second-order valence-electron chi connectivity index (χ2n) is 9.94. The molecule has 1 aliphatic heterocycles. The fraction of sp³-hybridized carbons (Fsp3) is 0.462. The first-order valence-corrected chi connectivity index (χ1v) is 10.8. The van der Waals surface area contributed by atoms with E-state index in [4.69, 9.17) is 23.7 Å². The van der Waals surface area contributed by atoms with Crippen LogP contribution in [0, 0.1) is 10.8 Å². The van der Waals surface area contributed by atoms with Crippen molar-refractivity contribution in [1.82, 2.24) is 0 Å². The lowest BCUT2D eigenvalue weighted by molar-refractivity contribution is -0.158. The number of hydrogen-bond acceptors (Lipinski definition) is 7. The van der Waals surface area contributed by atoms with Crippen molar-refractivity contribution in [2.24, 2.45) is 10.8 Å². The molecule has 7 heteroatoms. The number of rotatable bonds is 8. The molecule has 3 rings (SSSR count). The molecule has 0 N–H and O–H groups in total. The number of carbonyl (C=O) groups excluding carboxylic acids is 2. The molecule has 0 atom stereocenters. The Balaban J connectivity index is 1.93. The Hall–Kier alpha value is -3.22. The van der Waals surface area contributed by atoms with Crippen LogP contribution in [0.5, 0.6) is 17.2 Å². The first kappa shape index (κ1) is 24.4. The van der Waals surface area contributed by atoms with E-state index in [-0.39, 0.29) is 30.6 Å². The molecule has 0 amide bonds. The predicted molar refractivity (Wildman–Crippen MR) is 124 cm³/mol. The van der Waals surface area contributed by atoms with Crippen molar-refractivity contribution in [3.63, 3.8) is 0 Å². The van der Waals surface area contributed by atoms with Crippen LogP contribution in [-0.4, -0.2) is 39.4 Å². The number of esters is 2. The maximum Gasteiger partial charge on any atom is 0.338 e. The molecular formula is C26H32O7. The summed E-state index contributed by atoms with van der Waals surface area (Å²) >= 11 is 0. The lowest BCUT2D eigenvalue weighted by atomic mass is 9.94. The number of methoxy groups -OCH3 is 2. The van der Waals surface area contributed by atoms with Crippen LogP contribution in [0.4, 0.5) is 0 Å². The van der Waals surface area contributed by atoms with Crippen LogP contribution >= 0.6 is 0 Å². The highest BCUT2D eigenvalue weighted by molar-refractivity contribution is 5.94. The minimum Gasteiger partial charge on any atom is -0.493 e. The highest BCUT2D eigenvalue weighted by Crippen LogP contribution is 2.45. The molecule has 0 radical (unpaired) electrons. The molecular weight excluding hydrogens is 424 g/mol. The van der Waals surface area contributed by atoms with Gasteiger partial charge in [-0.1, -0.05) is 26.8 Å². The third-order valence-electron chi connectivity index (χ3n) is 5.26. The fourth-order valence-corrected chi connectivity index (χ4v) is 3.36. The van der Waals surface area contributed by atoms with E-state index >= 15 is 0 Å². The van der Waals surface area contributed by atoms with Gasteiger partial charge in [0, 0.05) is 11.1 Å². The standard InChI is InChI=1S/C26H32O7/c1-25(2,3)14-33-24(28)26(4,5)15-32-21-18(10-11-20(29-6)22(21)30-7)16-8-9-19-17(12-16)13-31-23(19)27/h8-12H,13-15H2,1-7H3. The average Bonchev–Trinajstić information content (AvgIpc) is 3.14. The van der Waals surface area contributed by atoms with E-state index < -0.39 is 5.41 Å². The third-order valence-corrected chi connectivity index (χ3v) is 5.26. The molecule has 33 heavy (non-hydrogen) atoms. The minimum absolute atomic E-state index is 0.0685. The van der Waals surface area contributed by atoms with Crippen LogP contribution in [0.25, 0.3) is 11.1 Å². The molecule has 2 aromatic rings. The van der Waals surface area contributed by atoms with Gasteiger partial charge in [-0.25, -0.2) is 4.79 Å². The van der Waals surface area contributed by atoms with E-state index in [1.54, 1.807) is 33.1 Å². The first-order valence-electron chi connectivity index (χ1n) is 10.8. The van der Waals surface area contributed by atoms with Crippen molar-refractivity contribution >= 4 is 11.9 Å². The van der Waals surface area contributed by atoms with E-state index in [9.17, 15) is 9.59 Å². The second-order valence-corrected chi connectivity index (χ2v) is 9.94. The molecule has 2 aromatic carbocycles. The molecule has 0 saturated carbocycles. The molecule has 0 fully saturated rings. The van der Waals surface area contributed by atoms with E-state index in [0.29, 0.717) is 29.4 Å². The van der Waals surface area contributed by atoms with Crippen molar-refractivity contribution in [3.8, 4) is 28.4 Å². The van der Waals surface area contributed by atoms with Crippen molar-refractivity contribution in [3.05, 3.63) is 41.5 Å². The van der Waals surface area contributed by atoms with E-state index in [1.807, 2.05) is 39.0 Å². The van der Waals surface area contributed by atoms with Crippen molar-refractivity contribution in [1.29, 1.82) is 0 Å². The summed E-state index contributed by atoms with van der Waals surface area (Å²) in [6, 6.07) is 9.13. The molecule has 0 bridgehead atoms. The van der Waals surface area contributed by atoms with Crippen LogP contribution in [0.3, 0.4) is 0 Å². The number of carbonyl (C=O) groups is 2. The number of benzene rings is 2. The van der Waals surface area contributed by atoms with Gasteiger partial charge in [-0.05, 0) is 49.1 Å². The Morgan fingerprint density at radius 2 is 1.64 bits per heavy atom. The summed E-state index contributed by atoms with van der Waals surface area (Å²) in [6.45, 7) is 10.2. The van der Waals surface area contributed by atoms with Crippen molar-refractivity contribution < 1.29 is 33.3 Å². The Kier molecular flexibility index (Phi) is 6.91. The first-order chi connectivity index (χ1) is 15.5.